The highest BCUT2D eigenvalue weighted by Gasteiger charge is 2.12. The second-order valence-corrected chi connectivity index (χ2v) is 4.74. The minimum Gasteiger partial charge on any atom is -0.395 e. The van der Waals surface area contributed by atoms with Crippen LogP contribution in [0.2, 0.25) is 0 Å². The summed E-state index contributed by atoms with van der Waals surface area (Å²) in [5.74, 6) is 0. The second kappa shape index (κ2) is 8.07. The molecule has 21 heavy (non-hydrogen) atoms. The fourth-order valence-electron chi connectivity index (χ4n) is 2.07. The van der Waals surface area contributed by atoms with Crippen molar-refractivity contribution in [3.63, 3.8) is 0 Å². The summed E-state index contributed by atoms with van der Waals surface area (Å²) in [5, 5.41) is 12.0. The number of anilines is 1. The Hall–Kier alpha value is -2.33. The number of urea groups is 1. The Morgan fingerprint density at radius 3 is 2.19 bits per heavy atom. The molecule has 2 aromatic carbocycles. The van der Waals surface area contributed by atoms with Gasteiger partial charge in [-0.3, -0.25) is 0 Å². The molecule has 2 rings (SSSR count). The van der Waals surface area contributed by atoms with E-state index in [1.165, 1.54) is 5.56 Å². The monoisotopic (exact) mass is 284 g/mol. The maximum atomic E-state index is 12.2. The quantitative estimate of drug-likeness (QED) is 0.857. The van der Waals surface area contributed by atoms with Crippen LogP contribution in [0.4, 0.5) is 10.5 Å². The minimum atomic E-state index is -0.189. The van der Waals surface area contributed by atoms with E-state index in [1.807, 2.05) is 60.7 Å². The third kappa shape index (κ3) is 4.93. The molecule has 0 spiro atoms. The van der Waals surface area contributed by atoms with Crippen molar-refractivity contribution in [1.29, 1.82) is 0 Å². The van der Waals surface area contributed by atoms with Crippen molar-refractivity contribution in [2.24, 2.45) is 0 Å². The Bertz CT molecular complexity index is 543. The average Bonchev–Trinajstić information content (AvgIpc) is 2.53. The first-order chi connectivity index (χ1) is 10.3. The van der Waals surface area contributed by atoms with E-state index in [1.54, 1.807) is 4.90 Å². The molecule has 0 heterocycles. The molecule has 0 saturated carbocycles. The summed E-state index contributed by atoms with van der Waals surface area (Å²) in [4.78, 5) is 13.9. The summed E-state index contributed by atoms with van der Waals surface area (Å²) in [5.41, 5.74) is 1.93. The largest absolute Gasteiger partial charge is 0.395 e. The number of hydrogen-bond donors (Lipinski definition) is 2. The lowest BCUT2D eigenvalue weighted by Gasteiger charge is -2.22. The fourth-order valence-corrected chi connectivity index (χ4v) is 2.07. The number of rotatable bonds is 6. The van der Waals surface area contributed by atoms with E-state index in [0.717, 1.165) is 12.1 Å². The molecular weight excluding hydrogens is 264 g/mol. The average molecular weight is 284 g/mol. The van der Waals surface area contributed by atoms with Crippen LogP contribution < -0.4 is 5.32 Å². The first-order valence-corrected chi connectivity index (χ1v) is 7.05. The number of carbonyl (C=O) groups is 1. The Kier molecular flexibility index (Phi) is 5.79. The first kappa shape index (κ1) is 15.1. The normalized spacial score (nSPS) is 10.1. The van der Waals surface area contributed by atoms with Crippen LogP contribution in [-0.4, -0.2) is 35.7 Å². The van der Waals surface area contributed by atoms with Gasteiger partial charge >= 0.3 is 6.03 Å². The molecule has 0 fully saturated rings. The van der Waals surface area contributed by atoms with Gasteiger partial charge in [-0.1, -0.05) is 48.5 Å². The molecule has 0 aromatic heterocycles. The number of benzene rings is 2. The van der Waals surface area contributed by atoms with Crippen molar-refractivity contribution in [2.45, 2.75) is 6.42 Å². The van der Waals surface area contributed by atoms with Crippen molar-refractivity contribution in [2.75, 3.05) is 25.0 Å². The highest BCUT2D eigenvalue weighted by molar-refractivity contribution is 5.89. The number of nitrogens with one attached hydrogen (secondary N) is 1. The maximum Gasteiger partial charge on any atom is 0.321 e. The highest BCUT2D eigenvalue weighted by Crippen LogP contribution is 2.08. The Morgan fingerprint density at radius 1 is 0.952 bits per heavy atom. The lowest BCUT2D eigenvalue weighted by atomic mass is 10.1. The number of amides is 2. The van der Waals surface area contributed by atoms with Gasteiger partial charge in [0.15, 0.2) is 0 Å². The zero-order valence-electron chi connectivity index (χ0n) is 11.9. The number of para-hydroxylation sites is 1. The molecule has 0 saturated heterocycles. The van der Waals surface area contributed by atoms with E-state index in [-0.39, 0.29) is 12.6 Å². The SMILES string of the molecule is O=C(Nc1ccccc1)N(CCO)CCc1ccccc1. The topological polar surface area (TPSA) is 52.6 Å². The van der Waals surface area contributed by atoms with Crippen LogP contribution in [0.25, 0.3) is 0 Å². The van der Waals surface area contributed by atoms with E-state index in [0.29, 0.717) is 13.1 Å². The smallest absolute Gasteiger partial charge is 0.321 e. The summed E-state index contributed by atoms with van der Waals surface area (Å²) in [6.45, 7) is 0.853. The molecule has 0 aliphatic heterocycles. The number of nitrogens with zero attached hydrogens (tertiary/aromatic N) is 1. The molecule has 110 valence electrons. The van der Waals surface area contributed by atoms with E-state index in [9.17, 15) is 4.79 Å². The molecule has 4 heteroatoms. The van der Waals surface area contributed by atoms with Crippen LogP contribution in [0.5, 0.6) is 0 Å². The molecule has 0 aliphatic carbocycles. The standard InChI is InChI=1S/C17H20N2O2/c20-14-13-19(12-11-15-7-3-1-4-8-15)17(21)18-16-9-5-2-6-10-16/h1-10,20H,11-14H2,(H,18,21). The van der Waals surface area contributed by atoms with E-state index in [2.05, 4.69) is 5.32 Å². The number of hydrogen-bond acceptors (Lipinski definition) is 2. The van der Waals surface area contributed by atoms with Gasteiger partial charge in [0.1, 0.15) is 0 Å². The van der Waals surface area contributed by atoms with Gasteiger partial charge < -0.3 is 15.3 Å². The summed E-state index contributed by atoms with van der Waals surface area (Å²) in [6, 6.07) is 19.1. The highest BCUT2D eigenvalue weighted by atomic mass is 16.3. The van der Waals surface area contributed by atoms with Crippen LogP contribution in [-0.2, 0) is 6.42 Å². The summed E-state index contributed by atoms with van der Waals surface area (Å²) < 4.78 is 0. The lowest BCUT2D eigenvalue weighted by molar-refractivity contribution is 0.189. The third-order valence-electron chi connectivity index (χ3n) is 3.20. The fraction of sp³-hybridized carbons (Fsp3) is 0.235. The van der Waals surface area contributed by atoms with Gasteiger partial charge in [0.2, 0.25) is 0 Å². The van der Waals surface area contributed by atoms with Crippen molar-refractivity contribution in [3.05, 3.63) is 66.2 Å². The Morgan fingerprint density at radius 2 is 1.57 bits per heavy atom. The van der Waals surface area contributed by atoms with Crippen molar-refractivity contribution >= 4 is 11.7 Å². The van der Waals surface area contributed by atoms with E-state index >= 15 is 0 Å². The van der Waals surface area contributed by atoms with Gasteiger partial charge in [0.05, 0.1) is 6.61 Å². The molecule has 2 N–H and O–H groups in total. The van der Waals surface area contributed by atoms with Crippen LogP contribution in [0.1, 0.15) is 5.56 Å². The molecule has 2 aromatic rings. The van der Waals surface area contributed by atoms with Gasteiger partial charge in [-0.25, -0.2) is 4.79 Å². The van der Waals surface area contributed by atoms with Gasteiger partial charge in [-0.05, 0) is 24.1 Å². The molecule has 4 nitrogen and oxygen atoms in total. The Labute approximate surface area is 125 Å². The summed E-state index contributed by atoms with van der Waals surface area (Å²) in [7, 11) is 0. The Balaban J connectivity index is 1.93. The summed E-state index contributed by atoms with van der Waals surface area (Å²) >= 11 is 0. The van der Waals surface area contributed by atoms with Crippen LogP contribution in [0, 0.1) is 0 Å². The number of aliphatic hydroxyl groups excluding tert-OH is 1. The molecule has 2 amide bonds. The lowest BCUT2D eigenvalue weighted by Crippen LogP contribution is -2.38. The van der Waals surface area contributed by atoms with Crippen LogP contribution in [0.3, 0.4) is 0 Å². The van der Waals surface area contributed by atoms with Gasteiger partial charge in [-0.15, -0.1) is 0 Å². The molecular formula is C17H20N2O2. The molecule has 0 atom stereocenters. The van der Waals surface area contributed by atoms with Crippen molar-refractivity contribution in [1.82, 2.24) is 4.90 Å². The first-order valence-electron chi connectivity index (χ1n) is 7.05. The predicted molar refractivity (Wildman–Crippen MR) is 84.3 cm³/mol. The minimum absolute atomic E-state index is 0.0446. The second-order valence-electron chi connectivity index (χ2n) is 4.74. The van der Waals surface area contributed by atoms with Gasteiger partial charge in [-0.2, -0.15) is 0 Å². The van der Waals surface area contributed by atoms with Crippen molar-refractivity contribution < 1.29 is 9.90 Å². The van der Waals surface area contributed by atoms with Crippen molar-refractivity contribution in [3.8, 4) is 0 Å². The third-order valence-corrected chi connectivity index (χ3v) is 3.20. The zero-order valence-corrected chi connectivity index (χ0v) is 11.9. The molecule has 0 bridgehead atoms. The summed E-state index contributed by atoms with van der Waals surface area (Å²) in [6.07, 6.45) is 0.767. The van der Waals surface area contributed by atoms with Crippen LogP contribution >= 0.6 is 0 Å². The van der Waals surface area contributed by atoms with E-state index in [4.69, 9.17) is 5.11 Å². The predicted octanol–water partition coefficient (Wildman–Crippen LogP) is 2.76. The van der Waals surface area contributed by atoms with Crippen LogP contribution in [0.15, 0.2) is 60.7 Å². The maximum absolute atomic E-state index is 12.2. The van der Waals surface area contributed by atoms with Gasteiger partial charge in [0, 0.05) is 18.8 Å². The zero-order chi connectivity index (χ0) is 14.9. The van der Waals surface area contributed by atoms with Gasteiger partial charge in [0.25, 0.3) is 0 Å². The number of aliphatic hydroxyl groups is 1. The molecule has 0 unspecified atom stereocenters. The number of carbonyl (C=O) groups excluding carboxylic acids is 1. The molecule has 0 aliphatic rings. The van der Waals surface area contributed by atoms with E-state index < -0.39 is 0 Å². The molecule has 0 radical (unpaired) electrons.